The van der Waals surface area contributed by atoms with Crippen LogP contribution < -0.4 is 11.1 Å². The molecule has 0 atom stereocenters. The molecule has 2 aliphatic rings. The van der Waals surface area contributed by atoms with Crippen molar-refractivity contribution in [1.82, 2.24) is 0 Å². The van der Waals surface area contributed by atoms with E-state index in [4.69, 9.17) is 17.3 Å². The van der Waals surface area contributed by atoms with Crippen molar-refractivity contribution in [2.24, 2.45) is 10.7 Å². The molecule has 0 amide bonds. The van der Waals surface area contributed by atoms with E-state index in [0.29, 0.717) is 5.96 Å². The van der Waals surface area contributed by atoms with E-state index in [1.165, 1.54) is 11.1 Å². The number of nitrogens with zero attached hydrogens (tertiary/aromatic N) is 1. The molecule has 3 N–H and O–H groups in total. The quantitative estimate of drug-likeness (QED) is 0.400. The van der Waals surface area contributed by atoms with Crippen LogP contribution in [-0.2, 0) is 0 Å². The first-order chi connectivity index (χ1) is 11.2. The fourth-order valence-corrected chi connectivity index (χ4v) is 2.38. The van der Waals surface area contributed by atoms with Crippen molar-refractivity contribution in [2.45, 2.75) is 0 Å². The van der Waals surface area contributed by atoms with E-state index in [0.717, 1.165) is 16.4 Å². The molecule has 0 radical (unpaired) electrons. The Kier molecular flexibility index (Phi) is 4.60. The predicted molar refractivity (Wildman–Crippen MR) is 98.2 cm³/mol. The number of benzene rings is 3. The lowest BCUT2D eigenvalue weighted by molar-refractivity contribution is 1.44. The fourth-order valence-electron chi connectivity index (χ4n) is 2.10. The van der Waals surface area contributed by atoms with Gasteiger partial charge in [-0.1, -0.05) is 66.2 Å². The van der Waals surface area contributed by atoms with Crippen LogP contribution in [0.25, 0.3) is 11.1 Å². The number of fused-ring (bicyclic) bond motifs is 1. The number of hydrogen-bond donors (Lipinski definition) is 2. The summed E-state index contributed by atoms with van der Waals surface area (Å²) in [5, 5.41) is 3.98. The van der Waals surface area contributed by atoms with E-state index in [9.17, 15) is 0 Å². The molecule has 2 aliphatic carbocycles. The van der Waals surface area contributed by atoms with Crippen LogP contribution in [0.2, 0.25) is 5.02 Å². The Hall–Kier alpha value is -2.78. The molecule has 0 unspecified atom stereocenters. The van der Waals surface area contributed by atoms with Crippen molar-refractivity contribution < 1.29 is 0 Å². The molecule has 4 rings (SSSR count). The molecule has 2 aromatic carbocycles. The van der Waals surface area contributed by atoms with E-state index >= 15 is 0 Å². The standard InChI is InChI=1S/C13H13N3.C6H3Cl/c14-13(15-11-7-3-1-4-8-11)16-12-9-5-2-6-10-12;7-6-4-2-1-3-5(4)6/h1-10H,(H3,14,15,16);1-3H. The van der Waals surface area contributed by atoms with Crippen molar-refractivity contribution >= 4 is 28.9 Å². The zero-order chi connectivity index (χ0) is 16.1. The third kappa shape index (κ3) is 4.11. The average molecular weight is 322 g/mol. The van der Waals surface area contributed by atoms with Crippen molar-refractivity contribution in [1.29, 1.82) is 0 Å². The normalized spacial score (nSPS) is 11.3. The number of para-hydroxylation sites is 2. The third-order valence-corrected chi connectivity index (χ3v) is 3.69. The molecule has 0 saturated heterocycles. The van der Waals surface area contributed by atoms with Crippen molar-refractivity contribution in [2.75, 3.05) is 5.32 Å². The van der Waals surface area contributed by atoms with Crippen LogP contribution in [0.4, 0.5) is 11.4 Å². The Bertz CT molecular complexity index is 794. The first-order valence-electron chi connectivity index (χ1n) is 7.24. The number of guanidine groups is 1. The van der Waals surface area contributed by atoms with E-state index in [-0.39, 0.29) is 0 Å². The molecule has 23 heavy (non-hydrogen) atoms. The summed E-state index contributed by atoms with van der Waals surface area (Å²) >= 11 is 5.61. The second kappa shape index (κ2) is 6.99. The van der Waals surface area contributed by atoms with Gasteiger partial charge >= 0.3 is 0 Å². The summed E-state index contributed by atoms with van der Waals surface area (Å²) in [7, 11) is 0. The van der Waals surface area contributed by atoms with Gasteiger partial charge in [0, 0.05) is 16.8 Å². The highest BCUT2D eigenvalue weighted by molar-refractivity contribution is 6.41. The Labute approximate surface area is 140 Å². The highest BCUT2D eigenvalue weighted by Crippen LogP contribution is 2.47. The van der Waals surface area contributed by atoms with Crippen molar-refractivity contribution in [3.63, 3.8) is 0 Å². The summed E-state index contributed by atoms with van der Waals surface area (Å²) in [5.41, 5.74) is 10.0. The minimum Gasteiger partial charge on any atom is -0.369 e. The van der Waals surface area contributed by atoms with Crippen LogP contribution in [0.15, 0.2) is 83.9 Å². The summed E-state index contributed by atoms with van der Waals surface area (Å²) < 4.78 is 0. The van der Waals surface area contributed by atoms with Crippen LogP contribution in [0.5, 0.6) is 0 Å². The molecule has 4 heteroatoms. The number of rotatable bonds is 2. The van der Waals surface area contributed by atoms with Gasteiger partial charge < -0.3 is 11.1 Å². The van der Waals surface area contributed by atoms with Crippen molar-refractivity contribution in [3.8, 4) is 11.1 Å². The molecule has 114 valence electrons. The minimum absolute atomic E-state index is 0.386. The maximum Gasteiger partial charge on any atom is 0.198 e. The monoisotopic (exact) mass is 321 g/mol. The molecule has 0 saturated carbocycles. The molecular formula is C19H16ClN3. The number of nitrogens with one attached hydrogen (secondary N) is 1. The van der Waals surface area contributed by atoms with E-state index in [2.05, 4.69) is 10.3 Å². The number of halogens is 1. The second-order valence-corrected chi connectivity index (χ2v) is 5.37. The lowest BCUT2D eigenvalue weighted by Crippen LogP contribution is -2.21. The van der Waals surface area contributed by atoms with Crippen LogP contribution in [0.1, 0.15) is 0 Å². The van der Waals surface area contributed by atoms with Crippen LogP contribution in [0.3, 0.4) is 0 Å². The summed E-state index contributed by atoms with van der Waals surface area (Å²) in [6.45, 7) is 0. The van der Waals surface area contributed by atoms with Gasteiger partial charge in [-0.3, -0.25) is 0 Å². The van der Waals surface area contributed by atoms with E-state index in [1.807, 2.05) is 78.9 Å². The van der Waals surface area contributed by atoms with Crippen LogP contribution >= 0.6 is 11.6 Å². The highest BCUT2D eigenvalue weighted by Gasteiger charge is 2.19. The second-order valence-electron chi connectivity index (χ2n) is 4.99. The molecule has 0 bridgehead atoms. The molecule has 3 nitrogen and oxygen atoms in total. The molecule has 0 heterocycles. The lowest BCUT2D eigenvalue weighted by Gasteiger charge is -2.04. The zero-order valence-corrected chi connectivity index (χ0v) is 13.2. The van der Waals surface area contributed by atoms with Gasteiger partial charge in [0.2, 0.25) is 0 Å². The number of hydrogen-bond acceptors (Lipinski definition) is 1. The molecule has 2 aromatic rings. The Morgan fingerprint density at radius 1 is 0.783 bits per heavy atom. The van der Waals surface area contributed by atoms with E-state index in [1.54, 1.807) is 0 Å². The Morgan fingerprint density at radius 2 is 1.35 bits per heavy atom. The first-order valence-corrected chi connectivity index (χ1v) is 7.62. The molecule has 0 fully saturated rings. The SMILES string of the molecule is Clc1c2cccc1-2.NC(=Nc1ccccc1)Nc1ccccc1. The largest absolute Gasteiger partial charge is 0.369 e. The summed E-state index contributed by atoms with van der Waals surface area (Å²) in [6, 6.07) is 25.4. The number of aliphatic imine (C=N–C) groups is 1. The molecule has 0 aromatic heterocycles. The van der Waals surface area contributed by atoms with Crippen LogP contribution in [0, 0.1) is 0 Å². The number of anilines is 1. The third-order valence-electron chi connectivity index (χ3n) is 3.28. The van der Waals surface area contributed by atoms with E-state index < -0.39 is 0 Å². The van der Waals surface area contributed by atoms with Crippen LogP contribution in [-0.4, -0.2) is 5.96 Å². The summed E-state index contributed by atoms with van der Waals surface area (Å²) in [4.78, 5) is 4.24. The summed E-state index contributed by atoms with van der Waals surface area (Å²) in [6.07, 6.45) is 0. The van der Waals surface area contributed by atoms with Gasteiger partial charge in [-0.15, -0.1) is 0 Å². The topological polar surface area (TPSA) is 50.4 Å². The van der Waals surface area contributed by atoms with Gasteiger partial charge in [0.25, 0.3) is 0 Å². The zero-order valence-electron chi connectivity index (χ0n) is 12.4. The Balaban J connectivity index is 0.000000183. The van der Waals surface area contributed by atoms with Gasteiger partial charge in [0.05, 0.1) is 10.7 Å². The van der Waals surface area contributed by atoms with Crippen molar-refractivity contribution in [3.05, 3.63) is 83.9 Å². The van der Waals surface area contributed by atoms with Gasteiger partial charge in [-0.25, -0.2) is 4.99 Å². The molecular weight excluding hydrogens is 306 g/mol. The average Bonchev–Trinajstić information content (AvgIpc) is 2.99. The van der Waals surface area contributed by atoms with Gasteiger partial charge in [-0.2, -0.15) is 0 Å². The maximum absolute atomic E-state index is 5.78. The van der Waals surface area contributed by atoms with Gasteiger partial charge in [0.1, 0.15) is 0 Å². The first kappa shape index (κ1) is 15.1. The van der Waals surface area contributed by atoms with Gasteiger partial charge in [-0.05, 0) is 24.3 Å². The predicted octanol–water partition coefficient (Wildman–Crippen LogP) is 5.07. The number of nitrogens with two attached hydrogens (primary N) is 1. The smallest absolute Gasteiger partial charge is 0.198 e. The Morgan fingerprint density at radius 3 is 1.87 bits per heavy atom. The maximum atomic E-state index is 5.78. The highest BCUT2D eigenvalue weighted by atomic mass is 35.5. The van der Waals surface area contributed by atoms with Gasteiger partial charge in [0.15, 0.2) is 5.96 Å². The minimum atomic E-state index is 0.386. The fraction of sp³-hybridized carbons (Fsp3) is 0. The summed E-state index contributed by atoms with van der Waals surface area (Å²) in [5.74, 6) is 0.386. The molecule has 0 spiro atoms. The lowest BCUT2D eigenvalue weighted by atomic mass is 10.3. The molecule has 0 aliphatic heterocycles.